The van der Waals surface area contributed by atoms with Crippen molar-refractivity contribution in [2.75, 3.05) is 85.8 Å². The number of methoxy groups -OCH3 is 1. The van der Waals surface area contributed by atoms with Crippen LogP contribution in [0.25, 0.3) is 0 Å². The molecule has 3 aliphatic heterocycles. The maximum Gasteiger partial charge on any atom is 0.253 e. The number of likely N-dealkylation sites (tertiary alicyclic amines) is 1. The van der Waals surface area contributed by atoms with Gasteiger partial charge in [-0.3, -0.25) is 9.69 Å². The number of sulfonamides is 1. The summed E-state index contributed by atoms with van der Waals surface area (Å²) in [5.41, 5.74) is 0.378. The van der Waals surface area contributed by atoms with Crippen molar-refractivity contribution in [1.29, 1.82) is 0 Å². The van der Waals surface area contributed by atoms with Crippen LogP contribution in [0.3, 0.4) is 0 Å². The van der Waals surface area contributed by atoms with Crippen LogP contribution in [0.2, 0.25) is 0 Å². The second-order valence-electron chi connectivity index (χ2n) is 8.56. The average molecular weight is 467 g/mol. The number of morpholine rings is 1. The Morgan fingerprint density at radius 3 is 2.19 bits per heavy atom. The van der Waals surface area contributed by atoms with Gasteiger partial charge in [0.15, 0.2) is 0 Å². The number of hydrogen-bond donors (Lipinski definition) is 0. The van der Waals surface area contributed by atoms with Crippen molar-refractivity contribution in [2.45, 2.75) is 17.7 Å². The molecule has 0 N–H and O–H groups in total. The van der Waals surface area contributed by atoms with Crippen LogP contribution in [0.4, 0.5) is 0 Å². The zero-order valence-corrected chi connectivity index (χ0v) is 19.7. The van der Waals surface area contributed by atoms with Gasteiger partial charge in [0.05, 0.1) is 20.3 Å². The highest BCUT2D eigenvalue weighted by molar-refractivity contribution is 7.89. The normalized spacial score (nSPS) is 21.7. The summed E-state index contributed by atoms with van der Waals surface area (Å²) in [5.74, 6) is 0.116. The molecule has 10 heteroatoms. The van der Waals surface area contributed by atoms with Gasteiger partial charge >= 0.3 is 0 Å². The molecule has 3 fully saturated rings. The molecule has 0 spiro atoms. The van der Waals surface area contributed by atoms with E-state index in [1.807, 2.05) is 4.90 Å². The molecule has 32 heavy (non-hydrogen) atoms. The van der Waals surface area contributed by atoms with E-state index in [1.54, 1.807) is 12.1 Å². The molecule has 3 heterocycles. The van der Waals surface area contributed by atoms with Gasteiger partial charge in [0, 0.05) is 57.9 Å². The number of piperazine rings is 1. The summed E-state index contributed by atoms with van der Waals surface area (Å²) < 4.78 is 38.4. The SMILES string of the molecule is COc1ccc(C(=O)N2CCN(CCN3CCCC3)CC2)cc1S(=O)(=O)N1CCOCC1. The van der Waals surface area contributed by atoms with E-state index in [2.05, 4.69) is 9.80 Å². The molecule has 3 saturated heterocycles. The van der Waals surface area contributed by atoms with Crippen molar-refractivity contribution in [1.82, 2.24) is 19.0 Å². The number of benzene rings is 1. The van der Waals surface area contributed by atoms with Crippen LogP contribution >= 0.6 is 0 Å². The Labute approximate surface area is 190 Å². The van der Waals surface area contributed by atoms with Crippen molar-refractivity contribution in [3.8, 4) is 5.75 Å². The predicted octanol–water partition coefficient (Wildman–Crippen LogP) is 0.570. The van der Waals surface area contributed by atoms with Crippen LogP contribution in [0.5, 0.6) is 5.75 Å². The standard InChI is InChI=1S/C22H34N4O5S/c1-30-20-5-4-19(18-21(20)32(28,29)26-14-16-31-17-15-26)22(27)25-12-10-24(11-13-25)9-8-23-6-2-3-7-23/h4-5,18H,2-3,6-17H2,1H3. The third-order valence-corrected chi connectivity index (χ3v) is 8.51. The summed E-state index contributed by atoms with van der Waals surface area (Å²) in [6.07, 6.45) is 2.60. The van der Waals surface area contributed by atoms with Crippen molar-refractivity contribution >= 4 is 15.9 Å². The lowest BCUT2D eigenvalue weighted by Crippen LogP contribution is -2.50. The molecule has 1 amide bonds. The first-order valence-electron chi connectivity index (χ1n) is 11.5. The van der Waals surface area contributed by atoms with Gasteiger partial charge in [-0.05, 0) is 44.1 Å². The van der Waals surface area contributed by atoms with Crippen molar-refractivity contribution in [3.63, 3.8) is 0 Å². The van der Waals surface area contributed by atoms with E-state index in [0.717, 1.165) is 26.2 Å². The van der Waals surface area contributed by atoms with E-state index in [9.17, 15) is 13.2 Å². The lowest BCUT2D eigenvalue weighted by molar-refractivity contribution is 0.0626. The summed E-state index contributed by atoms with van der Waals surface area (Å²) in [4.78, 5) is 19.9. The van der Waals surface area contributed by atoms with Gasteiger partial charge in [0.25, 0.3) is 5.91 Å². The fourth-order valence-corrected chi connectivity index (χ4v) is 6.17. The molecule has 178 valence electrons. The zero-order valence-electron chi connectivity index (χ0n) is 18.9. The number of amides is 1. The van der Waals surface area contributed by atoms with E-state index in [4.69, 9.17) is 9.47 Å². The fourth-order valence-electron chi connectivity index (χ4n) is 4.58. The maximum absolute atomic E-state index is 13.2. The Balaban J connectivity index is 1.41. The minimum atomic E-state index is -3.77. The summed E-state index contributed by atoms with van der Waals surface area (Å²) in [7, 11) is -2.33. The Morgan fingerprint density at radius 1 is 0.938 bits per heavy atom. The molecular weight excluding hydrogens is 432 g/mol. The molecule has 0 saturated carbocycles. The lowest BCUT2D eigenvalue weighted by atomic mass is 10.1. The third-order valence-electron chi connectivity index (χ3n) is 6.59. The molecule has 0 aliphatic carbocycles. The molecule has 0 unspecified atom stereocenters. The van der Waals surface area contributed by atoms with Crippen LogP contribution in [0.15, 0.2) is 23.1 Å². The second-order valence-corrected chi connectivity index (χ2v) is 10.5. The topological polar surface area (TPSA) is 82.6 Å². The molecule has 0 bridgehead atoms. The molecule has 1 aromatic rings. The first-order valence-corrected chi connectivity index (χ1v) is 12.9. The monoisotopic (exact) mass is 466 g/mol. The second kappa shape index (κ2) is 10.5. The molecule has 0 atom stereocenters. The summed E-state index contributed by atoms with van der Waals surface area (Å²) in [6.45, 7) is 8.82. The van der Waals surface area contributed by atoms with E-state index >= 15 is 0 Å². The Morgan fingerprint density at radius 2 is 1.56 bits per heavy atom. The van der Waals surface area contributed by atoms with Gasteiger partial charge in [0.1, 0.15) is 10.6 Å². The maximum atomic E-state index is 13.2. The smallest absolute Gasteiger partial charge is 0.253 e. The van der Waals surface area contributed by atoms with E-state index in [0.29, 0.717) is 45.0 Å². The summed E-state index contributed by atoms with van der Waals surface area (Å²) in [6, 6.07) is 4.69. The first-order chi connectivity index (χ1) is 15.5. The van der Waals surface area contributed by atoms with Crippen LogP contribution < -0.4 is 4.74 Å². The van der Waals surface area contributed by atoms with Crippen LogP contribution in [0.1, 0.15) is 23.2 Å². The highest BCUT2D eigenvalue weighted by Gasteiger charge is 2.31. The number of rotatable bonds is 7. The third kappa shape index (κ3) is 5.26. The lowest BCUT2D eigenvalue weighted by Gasteiger charge is -2.35. The Hall–Kier alpha value is -1.72. The Bertz CT molecular complexity index is 890. The van der Waals surface area contributed by atoms with Gasteiger partial charge in [-0.1, -0.05) is 0 Å². The number of nitrogens with zero attached hydrogens (tertiary/aromatic N) is 4. The van der Waals surface area contributed by atoms with Crippen molar-refractivity contribution < 1.29 is 22.7 Å². The van der Waals surface area contributed by atoms with Crippen molar-refractivity contribution in [2.24, 2.45) is 0 Å². The van der Waals surface area contributed by atoms with Gasteiger partial charge in [-0.25, -0.2) is 8.42 Å². The quantitative estimate of drug-likeness (QED) is 0.581. The molecule has 4 rings (SSSR count). The molecule has 0 radical (unpaired) electrons. The van der Waals surface area contributed by atoms with Gasteiger partial charge < -0.3 is 19.3 Å². The number of ether oxygens (including phenoxy) is 2. The molecule has 3 aliphatic rings. The number of carbonyl (C=O) groups is 1. The van der Waals surface area contributed by atoms with Crippen LogP contribution in [-0.4, -0.2) is 119 Å². The van der Waals surface area contributed by atoms with E-state index in [1.165, 1.54) is 43.4 Å². The fraction of sp³-hybridized carbons (Fsp3) is 0.682. The van der Waals surface area contributed by atoms with Gasteiger partial charge in [-0.15, -0.1) is 0 Å². The van der Waals surface area contributed by atoms with Gasteiger partial charge in [-0.2, -0.15) is 4.31 Å². The molecular formula is C22H34N4O5S. The van der Waals surface area contributed by atoms with Crippen LogP contribution in [0, 0.1) is 0 Å². The van der Waals surface area contributed by atoms with E-state index in [-0.39, 0.29) is 16.6 Å². The van der Waals surface area contributed by atoms with Crippen LogP contribution in [-0.2, 0) is 14.8 Å². The summed E-state index contributed by atoms with van der Waals surface area (Å²) in [5, 5.41) is 0. The minimum absolute atomic E-state index is 0.0389. The molecule has 1 aromatic carbocycles. The van der Waals surface area contributed by atoms with Gasteiger partial charge in [0.2, 0.25) is 10.0 Å². The summed E-state index contributed by atoms with van der Waals surface area (Å²) >= 11 is 0. The highest BCUT2D eigenvalue weighted by atomic mass is 32.2. The average Bonchev–Trinajstić information content (AvgIpc) is 3.36. The number of hydrogen-bond acceptors (Lipinski definition) is 7. The molecule has 0 aromatic heterocycles. The van der Waals surface area contributed by atoms with E-state index < -0.39 is 10.0 Å². The van der Waals surface area contributed by atoms with Crippen molar-refractivity contribution in [3.05, 3.63) is 23.8 Å². The zero-order chi connectivity index (χ0) is 22.6. The number of carbonyl (C=O) groups excluding carboxylic acids is 1. The highest BCUT2D eigenvalue weighted by Crippen LogP contribution is 2.29. The largest absolute Gasteiger partial charge is 0.495 e. The first kappa shape index (κ1) is 23.4. The minimum Gasteiger partial charge on any atom is -0.495 e. The molecule has 9 nitrogen and oxygen atoms in total. The predicted molar refractivity (Wildman–Crippen MR) is 121 cm³/mol. The Kier molecular flexibility index (Phi) is 7.67.